The van der Waals surface area contributed by atoms with Crippen LogP contribution in [0.4, 0.5) is 5.69 Å². The van der Waals surface area contributed by atoms with Crippen molar-refractivity contribution in [3.8, 4) is 5.75 Å². The number of nitrogens with zero attached hydrogens (tertiary/aromatic N) is 2. The fourth-order valence-electron chi connectivity index (χ4n) is 3.36. The highest BCUT2D eigenvalue weighted by Gasteiger charge is 2.26. The maximum atomic E-state index is 13.4. The molecule has 0 saturated carbocycles. The van der Waals surface area contributed by atoms with Crippen LogP contribution in [0.3, 0.4) is 0 Å². The van der Waals surface area contributed by atoms with E-state index in [-0.39, 0.29) is 18.0 Å². The first kappa shape index (κ1) is 25.0. The van der Waals surface area contributed by atoms with E-state index in [1.807, 2.05) is 0 Å². The van der Waals surface area contributed by atoms with Gasteiger partial charge in [0.15, 0.2) is 0 Å². The lowest BCUT2D eigenvalue weighted by atomic mass is 10.2. The Balaban J connectivity index is 1.56. The number of methoxy groups -OCH3 is 1. The molecule has 0 aliphatic carbocycles. The van der Waals surface area contributed by atoms with Gasteiger partial charge in [-0.2, -0.15) is 4.31 Å². The van der Waals surface area contributed by atoms with E-state index in [4.69, 9.17) is 32.4 Å². The van der Waals surface area contributed by atoms with Gasteiger partial charge in [0.25, 0.3) is 0 Å². The smallest absolute Gasteiger partial charge is 0.243 e. The largest absolute Gasteiger partial charge is 0.495 e. The zero-order chi connectivity index (χ0) is 24.8. The average molecular weight is 529 g/mol. The van der Waals surface area contributed by atoms with Crippen molar-refractivity contribution in [1.82, 2.24) is 4.31 Å². The minimum absolute atomic E-state index is 0.0437. The molecular weight excluding hydrogens is 507 g/mol. The lowest BCUT2D eigenvalue weighted by Crippen LogP contribution is -2.30. The highest BCUT2D eigenvalue weighted by Crippen LogP contribution is 2.29. The summed E-state index contributed by atoms with van der Waals surface area (Å²) in [5.41, 5.74) is 1.43. The molecule has 0 aliphatic heterocycles. The fourth-order valence-corrected chi connectivity index (χ4v) is 5.15. The van der Waals surface area contributed by atoms with Crippen LogP contribution in [0.15, 0.2) is 99.2 Å². The Kier molecular flexibility index (Phi) is 7.93. The molecule has 1 aromatic heterocycles. The lowest BCUT2D eigenvalue weighted by Gasteiger charge is -2.21. The van der Waals surface area contributed by atoms with Gasteiger partial charge in [-0.25, -0.2) is 8.42 Å². The molecule has 0 N–H and O–H groups in total. The van der Waals surface area contributed by atoms with Gasteiger partial charge in [0.05, 0.1) is 35.5 Å². The quantitative estimate of drug-likeness (QED) is 0.225. The number of hydrogen-bond donors (Lipinski definition) is 0. The van der Waals surface area contributed by atoms with E-state index >= 15 is 0 Å². The summed E-state index contributed by atoms with van der Waals surface area (Å²) >= 11 is 12.1. The van der Waals surface area contributed by atoms with Crippen molar-refractivity contribution >= 4 is 45.1 Å². The van der Waals surface area contributed by atoms with E-state index in [2.05, 4.69) is 4.99 Å². The first-order chi connectivity index (χ1) is 16.8. The second-order valence-electron chi connectivity index (χ2n) is 7.59. The zero-order valence-electron chi connectivity index (χ0n) is 18.8. The van der Waals surface area contributed by atoms with Crippen molar-refractivity contribution < 1.29 is 17.6 Å². The molecule has 0 amide bonds. The minimum Gasteiger partial charge on any atom is -0.495 e. The normalized spacial score (nSPS) is 11.9. The summed E-state index contributed by atoms with van der Waals surface area (Å²) in [6.45, 7) is 0.199. The second-order valence-corrected chi connectivity index (χ2v) is 10.4. The monoisotopic (exact) mass is 528 g/mol. The van der Waals surface area contributed by atoms with Crippen LogP contribution in [0.2, 0.25) is 10.0 Å². The molecule has 35 heavy (non-hydrogen) atoms. The highest BCUT2D eigenvalue weighted by molar-refractivity contribution is 7.89. The molecule has 0 saturated heterocycles. The molecule has 4 rings (SSSR count). The Bertz CT molecular complexity index is 1420. The molecule has 9 heteroatoms. The predicted octanol–water partition coefficient (Wildman–Crippen LogP) is 6.74. The van der Waals surface area contributed by atoms with Crippen LogP contribution >= 0.6 is 23.2 Å². The maximum Gasteiger partial charge on any atom is 0.243 e. The van der Waals surface area contributed by atoms with Crippen molar-refractivity contribution in [2.45, 2.75) is 18.0 Å². The minimum atomic E-state index is -3.78. The number of benzene rings is 3. The number of halogens is 2. The summed E-state index contributed by atoms with van der Waals surface area (Å²) in [5.74, 6) is 1.52. The van der Waals surface area contributed by atoms with Gasteiger partial charge in [-0.3, -0.25) is 4.99 Å². The summed E-state index contributed by atoms with van der Waals surface area (Å²) in [7, 11) is -2.24. The summed E-state index contributed by atoms with van der Waals surface area (Å²) < 4.78 is 39.2. The summed E-state index contributed by atoms with van der Waals surface area (Å²) in [6.07, 6.45) is 1.55. The van der Waals surface area contributed by atoms with Crippen LogP contribution in [0.25, 0.3) is 0 Å². The van der Waals surface area contributed by atoms with Gasteiger partial charge in [0.2, 0.25) is 10.0 Å². The number of furan rings is 1. The van der Waals surface area contributed by atoms with Crippen LogP contribution in [0.5, 0.6) is 5.75 Å². The Hall–Kier alpha value is -3.10. The van der Waals surface area contributed by atoms with E-state index in [9.17, 15) is 8.42 Å². The molecule has 0 spiro atoms. The van der Waals surface area contributed by atoms with Gasteiger partial charge in [0.1, 0.15) is 17.3 Å². The molecule has 180 valence electrons. The fraction of sp³-hybridized carbons (Fsp3) is 0.115. The molecule has 4 aromatic rings. The lowest BCUT2D eigenvalue weighted by molar-refractivity contribution is 0.357. The van der Waals surface area contributed by atoms with Crippen LogP contribution in [0, 0.1) is 0 Å². The van der Waals surface area contributed by atoms with Crippen molar-refractivity contribution in [1.29, 1.82) is 0 Å². The number of hydrogen-bond acceptors (Lipinski definition) is 5. The van der Waals surface area contributed by atoms with E-state index < -0.39 is 10.0 Å². The second kappa shape index (κ2) is 11.1. The Morgan fingerprint density at radius 1 is 0.943 bits per heavy atom. The van der Waals surface area contributed by atoms with E-state index in [1.54, 1.807) is 98.3 Å². The molecule has 3 aromatic carbocycles. The third-order valence-corrected chi connectivity index (χ3v) is 7.50. The summed E-state index contributed by atoms with van der Waals surface area (Å²) in [5, 5.41) is 1.03. The SMILES string of the molecule is COc1ccc(N=Cc2ccc(CN(Cc3ccc(Cl)cc3)S(=O)(=O)c3ccccc3)o2)cc1Cl. The zero-order valence-corrected chi connectivity index (χ0v) is 21.1. The molecule has 0 fully saturated rings. The molecule has 0 bridgehead atoms. The average Bonchev–Trinajstić information content (AvgIpc) is 3.31. The van der Waals surface area contributed by atoms with E-state index in [0.717, 1.165) is 5.56 Å². The topological polar surface area (TPSA) is 72.1 Å². The Morgan fingerprint density at radius 3 is 2.37 bits per heavy atom. The Labute approximate surface area is 214 Å². The molecular formula is C26H22Cl2N2O4S. The standard InChI is InChI=1S/C26H22Cl2N2O4S/c1-33-26-14-11-21(15-25(26)28)29-16-22-12-13-23(34-22)18-30(17-19-7-9-20(27)10-8-19)35(31,32)24-5-3-2-4-6-24/h2-16H,17-18H2,1H3. The molecule has 6 nitrogen and oxygen atoms in total. The molecule has 0 radical (unpaired) electrons. The molecule has 0 unspecified atom stereocenters. The van der Waals surface area contributed by atoms with Crippen LogP contribution in [-0.4, -0.2) is 26.0 Å². The van der Waals surface area contributed by atoms with Gasteiger partial charge >= 0.3 is 0 Å². The number of ether oxygens (including phenoxy) is 1. The molecule has 0 atom stereocenters. The third kappa shape index (κ3) is 6.32. The number of sulfonamides is 1. The van der Waals surface area contributed by atoms with Crippen LogP contribution in [0.1, 0.15) is 17.1 Å². The summed E-state index contributed by atoms with van der Waals surface area (Å²) in [4.78, 5) is 4.58. The molecule has 1 heterocycles. The number of rotatable bonds is 9. The predicted molar refractivity (Wildman–Crippen MR) is 138 cm³/mol. The van der Waals surface area contributed by atoms with Crippen molar-refractivity contribution in [3.63, 3.8) is 0 Å². The van der Waals surface area contributed by atoms with Gasteiger partial charge in [-0.1, -0.05) is 53.5 Å². The first-order valence-corrected chi connectivity index (χ1v) is 12.8. The van der Waals surface area contributed by atoms with Crippen LogP contribution < -0.4 is 4.74 Å². The van der Waals surface area contributed by atoms with Crippen LogP contribution in [-0.2, 0) is 23.1 Å². The van der Waals surface area contributed by atoms with Crippen molar-refractivity contribution in [2.75, 3.05) is 7.11 Å². The van der Waals surface area contributed by atoms with Crippen molar-refractivity contribution in [2.24, 2.45) is 4.99 Å². The van der Waals surface area contributed by atoms with Gasteiger partial charge < -0.3 is 9.15 Å². The van der Waals surface area contributed by atoms with E-state index in [0.29, 0.717) is 33.0 Å². The van der Waals surface area contributed by atoms with Gasteiger partial charge in [-0.05, 0) is 60.2 Å². The summed E-state index contributed by atoms with van der Waals surface area (Å²) in [6, 6.07) is 24.0. The van der Waals surface area contributed by atoms with Gasteiger partial charge in [-0.15, -0.1) is 0 Å². The van der Waals surface area contributed by atoms with Gasteiger partial charge in [0, 0.05) is 11.6 Å². The Morgan fingerprint density at radius 2 is 1.69 bits per heavy atom. The van der Waals surface area contributed by atoms with E-state index in [1.165, 1.54) is 4.31 Å². The van der Waals surface area contributed by atoms with Crippen molar-refractivity contribution in [3.05, 3.63) is 112 Å². The number of aliphatic imine (C=N–C) groups is 1. The third-order valence-electron chi connectivity index (χ3n) is 5.14. The first-order valence-electron chi connectivity index (χ1n) is 10.6. The maximum absolute atomic E-state index is 13.4. The highest BCUT2D eigenvalue weighted by atomic mass is 35.5. The molecule has 0 aliphatic rings.